The Morgan fingerprint density at radius 2 is 1.92 bits per heavy atom. The van der Waals surface area contributed by atoms with Crippen molar-refractivity contribution in [3.63, 3.8) is 0 Å². The van der Waals surface area contributed by atoms with E-state index < -0.39 is 6.03 Å². The lowest BCUT2D eigenvalue weighted by molar-refractivity contribution is -0.137. The second-order valence-corrected chi connectivity index (χ2v) is 6.45. The van der Waals surface area contributed by atoms with Gasteiger partial charge in [0, 0.05) is 45.5 Å². The van der Waals surface area contributed by atoms with E-state index in [9.17, 15) is 9.59 Å². The number of carbonyl (C=O) groups is 2. The first-order valence-electron chi connectivity index (χ1n) is 8.53. The van der Waals surface area contributed by atoms with E-state index in [1.54, 1.807) is 17.2 Å². The second kappa shape index (κ2) is 7.38. The molecule has 0 radical (unpaired) electrons. The van der Waals surface area contributed by atoms with Gasteiger partial charge in [0.15, 0.2) is 0 Å². The van der Waals surface area contributed by atoms with E-state index >= 15 is 0 Å². The Bertz CT molecular complexity index is 675. The summed E-state index contributed by atoms with van der Waals surface area (Å²) in [7, 11) is 0. The highest BCUT2D eigenvalue weighted by Crippen LogP contribution is 2.21. The van der Waals surface area contributed by atoms with Crippen LogP contribution in [0.3, 0.4) is 0 Å². The largest absolute Gasteiger partial charge is 0.353 e. The van der Waals surface area contributed by atoms with Gasteiger partial charge in [-0.25, -0.2) is 9.78 Å². The van der Waals surface area contributed by atoms with Gasteiger partial charge < -0.3 is 20.4 Å². The summed E-state index contributed by atoms with van der Waals surface area (Å²) in [5.41, 5.74) is 5.88. The lowest BCUT2D eigenvalue weighted by Crippen LogP contribution is -2.53. The van der Waals surface area contributed by atoms with Crippen molar-refractivity contribution < 1.29 is 9.59 Å². The molecule has 2 N–H and O–H groups in total. The number of piperidine rings is 1. The summed E-state index contributed by atoms with van der Waals surface area (Å²) in [5.74, 6) is 0.780. The van der Waals surface area contributed by atoms with Gasteiger partial charge in [0.2, 0.25) is 5.91 Å². The lowest BCUT2D eigenvalue weighted by atomic mass is 9.96. The van der Waals surface area contributed by atoms with Gasteiger partial charge in [0.25, 0.3) is 0 Å². The number of piperazine rings is 1. The maximum atomic E-state index is 12.7. The predicted octanol–water partition coefficient (Wildman–Crippen LogP) is 0.393. The third-order valence-electron chi connectivity index (χ3n) is 4.87. The van der Waals surface area contributed by atoms with Crippen molar-refractivity contribution in [3.8, 4) is 6.07 Å². The molecule has 132 valence electrons. The van der Waals surface area contributed by atoms with Crippen LogP contribution in [0.15, 0.2) is 18.3 Å². The number of hydrogen-bond donors (Lipinski definition) is 1. The van der Waals surface area contributed by atoms with Gasteiger partial charge in [0.05, 0.1) is 11.5 Å². The lowest BCUT2D eigenvalue weighted by Gasteiger charge is -2.39. The van der Waals surface area contributed by atoms with Crippen molar-refractivity contribution in [1.29, 1.82) is 5.26 Å². The molecular formula is C17H22N6O2. The van der Waals surface area contributed by atoms with Crippen LogP contribution in [0.5, 0.6) is 0 Å². The van der Waals surface area contributed by atoms with E-state index in [-0.39, 0.29) is 11.8 Å². The summed E-state index contributed by atoms with van der Waals surface area (Å²) in [6.45, 7) is 3.73. The van der Waals surface area contributed by atoms with Crippen LogP contribution >= 0.6 is 0 Å². The van der Waals surface area contributed by atoms with Crippen LogP contribution in [-0.4, -0.2) is 66.0 Å². The molecule has 2 aliphatic heterocycles. The Morgan fingerprint density at radius 1 is 1.16 bits per heavy atom. The maximum absolute atomic E-state index is 12.7. The predicted molar refractivity (Wildman–Crippen MR) is 91.6 cm³/mol. The number of amides is 3. The molecule has 25 heavy (non-hydrogen) atoms. The zero-order valence-corrected chi connectivity index (χ0v) is 14.1. The number of nitriles is 1. The quantitative estimate of drug-likeness (QED) is 0.837. The Morgan fingerprint density at radius 3 is 2.52 bits per heavy atom. The van der Waals surface area contributed by atoms with Gasteiger partial charge in [-0.15, -0.1) is 0 Å². The number of urea groups is 1. The molecule has 2 fully saturated rings. The molecule has 1 aromatic heterocycles. The average Bonchev–Trinajstić information content (AvgIpc) is 2.67. The Labute approximate surface area is 146 Å². The van der Waals surface area contributed by atoms with Crippen LogP contribution in [-0.2, 0) is 4.79 Å². The number of anilines is 1. The molecular weight excluding hydrogens is 320 g/mol. The van der Waals surface area contributed by atoms with Gasteiger partial charge in [-0.05, 0) is 25.0 Å². The summed E-state index contributed by atoms with van der Waals surface area (Å²) in [6, 6.07) is 5.19. The molecule has 8 heteroatoms. The minimum Gasteiger partial charge on any atom is -0.353 e. The molecule has 1 atom stereocenters. The van der Waals surface area contributed by atoms with E-state index in [4.69, 9.17) is 11.0 Å². The van der Waals surface area contributed by atoms with Gasteiger partial charge in [-0.1, -0.05) is 0 Å². The number of carbonyl (C=O) groups excluding carboxylic acids is 2. The monoisotopic (exact) mass is 342 g/mol. The minimum absolute atomic E-state index is 0.110. The molecule has 3 rings (SSSR count). The zero-order chi connectivity index (χ0) is 17.8. The first-order valence-corrected chi connectivity index (χ1v) is 8.53. The number of pyridine rings is 1. The molecule has 2 aliphatic rings. The fourth-order valence-corrected chi connectivity index (χ4v) is 3.43. The topological polar surface area (TPSA) is 107 Å². The Balaban J connectivity index is 1.55. The maximum Gasteiger partial charge on any atom is 0.314 e. The SMILES string of the molecule is N#Cc1ccc(N2CCN(C(=O)C3CCCN(C(N)=O)C3)CC2)nc1. The molecule has 1 unspecified atom stereocenters. The zero-order valence-electron chi connectivity index (χ0n) is 14.1. The molecule has 3 heterocycles. The van der Waals surface area contributed by atoms with E-state index in [0.29, 0.717) is 44.8 Å². The van der Waals surface area contributed by atoms with E-state index in [1.807, 2.05) is 11.0 Å². The number of nitrogens with zero attached hydrogens (tertiary/aromatic N) is 5. The van der Waals surface area contributed by atoms with Gasteiger partial charge in [0.1, 0.15) is 11.9 Å². The molecule has 2 saturated heterocycles. The van der Waals surface area contributed by atoms with Gasteiger partial charge in [-0.3, -0.25) is 4.79 Å². The number of nitrogens with two attached hydrogens (primary N) is 1. The summed E-state index contributed by atoms with van der Waals surface area (Å²) in [5, 5.41) is 8.83. The minimum atomic E-state index is -0.450. The molecule has 0 saturated carbocycles. The molecule has 0 spiro atoms. The number of aromatic nitrogens is 1. The van der Waals surface area contributed by atoms with Crippen molar-refractivity contribution in [2.24, 2.45) is 11.7 Å². The van der Waals surface area contributed by atoms with Crippen molar-refractivity contribution in [3.05, 3.63) is 23.9 Å². The van der Waals surface area contributed by atoms with Crippen LogP contribution in [0.1, 0.15) is 18.4 Å². The number of hydrogen-bond acceptors (Lipinski definition) is 5. The molecule has 3 amide bonds. The standard InChI is InChI=1S/C17H22N6O2/c18-10-13-3-4-15(20-11-13)21-6-8-22(9-7-21)16(24)14-2-1-5-23(12-14)17(19)25/h3-4,11,14H,1-2,5-9,12H2,(H2,19,25). The number of primary amides is 1. The number of rotatable bonds is 2. The van der Waals surface area contributed by atoms with Crippen molar-refractivity contribution in [1.82, 2.24) is 14.8 Å². The third-order valence-corrected chi connectivity index (χ3v) is 4.87. The van der Waals surface area contributed by atoms with E-state index in [0.717, 1.165) is 18.7 Å². The summed E-state index contributed by atoms with van der Waals surface area (Å²) in [6.07, 6.45) is 3.18. The van der Waals surface area contributed by atoms with Crippen LogP contribution < -0.4 is 10.6 Å². The fraction of sp³-hybridized carbons (Fsp3) is 0.529. The molecule has 8 nitrogen and oxygen atoms in total. The first-order chi connectivity index (χ1) is 12.1. The highest BCUT2D eigenvalue weighted by atomic mass is 16.2. The van der Waals surface area contributed by atoms with Crippen LogP contribution in [0.2, 0.25) is 0 Å². The summed E-state index contributed by atoms with van der Waals surface area (Å²) >= 11 is 0. The smallest absolute Gasteiger partial charge is 0.314 e. The van der Waals surface area contributed by atoms with Crippen LogP contribution in [0, 0.1) is 17.2 Å². The Kier molecular flexibility index (Phi) is 5.03. The molecule has 0 aliphatic carbocycles. The highest BCUT2D eigenvalue weighted by Gasteiger charge is 2.32. The fourth-order valence-electron chi connectivity index (χ4n) is 3.43. The summed E-state index contributed by atoms with van der Waals surface area (Å²) in [4.78, 5) is 33.9. The van der Waals surface area contributed by atoms with Crippen LogP contribution in [0.25, 0.3) is 0 Å². The van der Waals surface area contributed by atoms with Gasteiger partial charge in [-0.2, -0.15) is 5.26 Å². The first kappa shape index (κ1) is 17.0. The highest BCUT2D eigenvalue weighted by molar-refractivity contribution is 5.81. The van der Waals surface area contributed by atoms with Crippen molar-refractivity contribution in [2.45, 2.75) is 12.8 Å². The summed E-state index contributed by atoms with van der Waals surface area (Å²) < 4.78 is 0. The van der Waals surface area contributed by atoms with E-state index in [1.165, 1.54) is 0 Å². The number of likely N-dealkylation sites (tertiary alicyclic amines) is 1. The van der Waals surface area contributed by atoms with E-state index in [2.05, 4.69) is 16.0 Å². The molecule has 0 aromatic carbocycles. The van der Waals surface area contributed by atoms with Crippen LogP contribution in [0.4, 0.5) is 10.6 Å². The normalized spacial score (nSPS) is 20.9. The van der Waals surface area contributed by atoms with Crippen molar-refractivity contribution in [2.75, 3.05) is 44.2 Å². The second-order valence-electron chi connectivity index (χ2n) is 6.45. The third kappa shape index (κ3) is 3.82. The van der Waals surface area contributed by atoms with Crippen molar-refractivity contribution >= 4 is 17.8 Å². The Hall–Kier alpha value is -2.82. The van der Waals surface area contributed by atoms with Gasteiger partial charge >= 0.3 is 6.03 Å². The average molecular weight is 342 g/mol. The molecule has 1 aromatic rings. The molecule has 0 bridgehead atoms.